The van der Waals surface area contributed by atoms with Crippen molar-refractivity contribution in [3.8, 4) is 5.75 Å². The molecule has 3 atom stereocenters. The van der Waals surface area contributed by atoms with Gasteiger partial charge < -0.3 is 19.7 Å². The predicted molar refractivity (Wildman–Crippen MR) is 66.3 cm³/mol. The van der Waals surface area contributed by atoms with Crippen LogP contribution >= 0.6 is 0 Å². The molecular weight excluding hydrogens is 250 g/mol. The fourth-order valence-electron chi connectivity index (χ4n) is 1.90. The number of hydrogen-bond acceptors (Lipinski definition) is 6. The zero-order valence-electron chi connectivity index (χ0n) is 10.6. The summed E-state index contributed by atoms with van der Waals surface area (Å²) >= 11 is 0. The molecule has 6 heteroatoms. The van der Waals surface area contributed by atoms with Crippen molar-refractivity contribution in [2.75, 3.05) is 6.61 Å². The second kappa shape index (κ2) is 6.12. The van der Waals surface area contributed by atoms with Crippen LogP contribution in [0.5, 0.6) is 5.75 Å². The number of para-hydroxylation sites is 1. The SMILES string of the molecule is CC(=O)Oc1ccccc1CNC1OC[C@@H](O)[C@@H]1O. The number of nitrogens with one attached hydrogen (secondary N) is 1. The van der Waals surface area contributed by atoms with Crippen LogP contribution in [0.4, 0.5) is 0 Å². The van der Waals surface area contributed by atoms with Crippen molar-refractivity contribution in [2.24, 2.45) is 0 Å². The Morgan fingerprint density at radius 1 is 1.47 bits per heavy atom. The number of esters is 1. The van der Waals surface area contributed by atoms with Crippen molar-refractivity contribution in [1.29, 1.82) is 0 Å². The van der Waals surface area contributed by atoms with Crippen LogP contribution in [0.1, 0.15) is 12.5 Å². The predicted octanol–water partition coefficient (Wildman–Crippen LogP) is -0.220. The molecular formula is C13H17NO5. The second-order valence-electron chi connectivity index (χ2n) is 4.39. The minimum atomic E-state index is -0.958. The quantitative estimate of drug-likeness (QED) is 0.516. The molecule has 1 saturated heterocycles. The van der Waals surface area contributed by atoms with Crippen molar-refractivity contribution in [3.05, 3.63) is 29.8 Å². The third-order valence-electron chi connectivity index (χ3n) is 2.87. The van der Waals surface area contributed by atoms with Crippen LogP contribution in [0.25, 0.3) is 0 Å². The lowest BCUT2D eigenvalue weighted by Crippen LogP contribution is -2.40. The summed E-state index contributed by atoms with van der Waals surface area (Å²) in [4.78, 5) is 11.0. The summed E-state index contributed by atoms with van der Waals surface area (Å²) in [5.74, 6) is 0.0792. The highest BCUT2D eigenvalue weighted by atomic mass is 16.5. The Morgan fingerprint density at radius 3 is 2.84 bits per heavy atom. The Hall–Kier alpha value is -1.47. The van der Waals surface area contributed by atoms with E-state index < -0.39 is 18.4 Å². The van der Waals surface area contributed by atoms with Crippen LogP contribution in [-0.2, 0) is 16.1 Å². The molecule has 104 valence electrons. The minimum Gasteiger partial charge on any atom is -0.426 e. The van der Waals surface area contributed by atoms with Gasteiger partial charge in [-0.3, -0.25) is 10.1 Å². The number of aliphatic hydroxyl groups excluding tert-OH is 2. The van der Waals surface area contributed by atoms with Crippen molar-refractivity contribution < 1.29 is 24.5 Å². The minimum absolute atomic E-state index is 0.102. The zero-order valence-corrected chi connectivity index (χ0v) is 10.6. The number of ether oxygens (including phenoxy) is 2. The normalized spacial score (nSPS) is 26.4. The van der Waals surface area contributed by atoms with Crippen LogP contribution in [0.15, 0.2) is 24.3 Å². The largest absolute Gasteiger partial charge is 0.426 e. The summed E-state index contributed by atoms with van der Waals surface area (Å²) in [7, 11) is 0. The van der Waals surface area contributed by atoms with E-state index in [9.17, 15) is 15.0 Å². The lowest BCUT2D eigenvalue weighted by atomic mass is 10.2. The van der Waals surface area contributed by atoms with E-state index in [-0.39, 0.29) is 12.6 Å². The molecule has 1 aromatic rings. The summed E-state index contributed by atoms with van der Waals surface area (Å²) in [6.45, 7) is 1.80. The first-order valence-corrected chi connectivity index (χ1v) is 6.05. The summed E-state index contributed by atoms with van der Waals surface area (Å²) in [6.07, 6.45) is -2.46. The van der Waals surface area contributed by atoms with E-state index in [0.717, 1.165) is 5.56 Å². The van der Waals surface area contributed by atoms with Gasteiger partial charge in [-0.25, -0.2) is 0 Å². The number of carbonyl (C=O) groups excluding carboxylic acids is 1. The molecule has 3 N–H and O–H groups in total. The second-order valence-corrected chi connectivity index (χ2v) is 4.39. The van der Waals surface area contributed by atoms with Gasteiger partial charge in [0, 0.05) is 19.0 Å². The van der Waals surface area contributed by atoms with E-state index in [1.54, 1.807) is 12.1 Å². The summed E-state index contributed by atoms with van der Waals surface area (Å²) in [5, 5.41) is 22.0. The average molecular weight is 267 g/mol. The average Bonchev–Trinajstić information content (AvgIpc) is 2.68. The molecule has 0 aliphatic carbocycles. The first-order chi connectivity index (χ1) is 9.08. The van der Waals surface area contributed by atoms with Crippen LogP contribution in [0.2, 0.25) is 0 Å². The molecule has 19 heavy (non-hydrogen) atoms. The fourth-order valence-corrected chi connectivity index (χ4v) is 1.90. The van der Waals surface area contributed by atoms with Gasteiger partial charge >= 0.3 is 5.97 Å². The highest BCUT2D eigenvalue weighted by molar-refractivity contribution is 5.69. The molecule has 1 aromatic carbocycles. The van der Waals surface area contributed by atoms with E-state index in [1.807, 2.05) is 12.1 Å². The molecule has 1 unspecified atom stereocenters. The highest BCUT2D eigenvalue weighted by Gasteiger charge is 2.34. The Bertz CT molecular complexity index is 450. The number of benzene rings is 1. The number of rotatable bonds is 4. The van der Waals surface area contributed by atoms with Gasteiger partial charge in [0.1, 0.15) is 24.2 Å². The molecule has 1 aliphatic rings. The van der Waals surface area contributed by atoms with Crippen molar-refractivity contribution in [2.45, 2.75) is 31.9 Å². The monoisotopic (exact) mass is 267 g/mol. The summed E-state index contributed by atoms with van der Waals surface area (Å²) in [6, 6.07) is 7.10. The maximum atomic E-state index is 11.0. The molecule has 0 bridgehead atoms. The number of hydrogen-bond donors (Lipinski definition) is 3. The molecule has 0 amide bonds. The molecule has 2 rings (SSSR count). The van der Waals surface area contributed by atoms with Crippen molar-refractivity contribution in [3.63, 3.8) is 0 Å². The van der Waals surface area contributed by atoms with E-state index >= 15 is 0 Å². The van der Waals surface area contributed by atoms with E-state index in [2.05, 4.69) is 5.32 Å². The maximum absolute atomic E-state index is 11.0. The molecule has 0 aromatic heterocycles. The third-order valence-corrected chi connectivity index (χ3v) is 2.87. The van der Waals surface area contributed by atoms with E-state index in [1.165, 1.54) is 6.92 Å². The number of carbonyl (C=O) groups is 1. The third kappa shape index (κ3) is 3.51. The van der Waals surface area contributed by atoms with Gasteiger partial charge in [-0.05, 0) is 6.07 Å². The molecule has 1 fully saturated rings. The molecule has 1 aliphatic heterocycles. The van der Waals surface area contributed by atoms with Crippen LogP contribution in [0.3, 0.4) is 0 Å². The summed E-state index contributed by atoms with van der Waals surface area (Å²) < 4.78 is 10.3. The Labute approximate surface area is 111 Å². The van der Waals surface area contributed by atoms with Gasteiger partial charge in [0.25, 0.3) is 0 Å². The van der Waals surface area contributed by atoms with Crippen LogP contribution in [-0.4, -0.2) is 41.2 Å². The topological polar surface area (TPSA) is 88.0 Å². The molecule has 0 saturated carbocycles. The standard InChI is InChI=1S/C13H17NO5/c1-8(15)19-11-5-3-2-4-9(11)6-14-13-12(17)10(16)7-18-13/h2-5,10,12-14,16-17H,6-7H2,1H3/t10-,12+,13?/m1/s1. The van der Waals surface area contributed by atoms with E-state index in [0.29, 0.717) is 12.3 Å². The fraction of sp³-hybridized carbons (Fsp3) is 0.462. The van der Waals surface area contributed by atoms with Gasteiger partial charge in [0.05, 0.1) is 6.61 Å². The van der Waals surface area contributed by atoms with Crippen molar-refractivity contribution in [1.82, 2.24) is 5.32 Å². The Balaban J connectivity index is 1.97. The Kier molecular flexibility index (Phi) is 4.49. The zero-order chi connectivity index (χ0) is 13.8. The van der Waals surface area contributed by atoms with Gasteiger partial charge in [-0.1, -0.05) is 18.2 Å². The first-order valence-electron chi connectivity index (χ1n) is 6.05. The van der Waals surface area contributed by atoms with Crippen molar-refractivity contribution >= 4 is 5.97 Å². The van der Waals surface area contributed by atoms with Gasteiger partial charge in [0.15, 0.2) is 0 Å². The van der Waals surface area contributed by atoms with Gasteiger partial charge in [-0.15, -0.1) is 0 Å². The number of aliphatic hydroxyl groups is 2. The van der Waals surface area contributed by atoms with E-state index in [4.69, 9.17) is 9.47 Å². The molecule has 1 heterocycles. The summed E-state index contributed by atoms with van der Waals surface area (Å²) in [5.41, 5.74) is 0.773. The molecule has 0 radical (unpaired) electrons. The molecule has 6 nitrogen and oxygen atoms in total. The highest BCUT2D eigenvalue weighted by Crippen LogP contribution is 2.19. The maximum Gasteiger partial charge on any atom is 0.308 e. The lowest BCUT2D eigenvalue weighted by molar-refractivity contribution is -0.131. The van der Waals surface area contributed by atoms with Crippen LogP contribution < -0.4 is 10.1 Å². The smallest absolute Gasteiger partial charge is 0.308 e. The van der Waals surface area contributed by atoms with Crippen LogP contribution in [0, 0.1) is 0 Å². The molecule has 0 spiro atoms. The first kappa shape index (κ1) is 14.0. The van der Waals surface area contributed by atoms with Gasteiger partial charge in [-0.2, -0.15) is 0 Å². The lowest BCUT2D eigenvalue weighted by Gasteiger charge is -2.17. The Morgan fingerprint density at radius 2 is 2.21 bits per heavy atom. The van der Waals surface area contributed by atoms with Gasteiger partial charge in [0.2, 0.25) is 0 Å².